The van der Waals surface area contributed by atoms with E-state index in [1.165, 1.54) is 0 Å². The number of Topliss-reactive ketones (excluding diaryl/α,β-unsaturated/α-hetero) is 1. The lowest BCUT2D eigenvalue weighted by Gasteiger charge is -2.33. The number of nitrogens with one attached hydrogen (secondary N) is 1. The van der Waals surface area contributed by atoms with Crippen LogP contribution >= 0.6 is 11.6 Å². The van der Waals surface area contributed by atoms with Gasteiger partial charge >= 0.3 is 5.97 Å². The molecule has 0 aromatic heterocycles. The van der Waals surface area contributed by atoms with E-state index in [1.807, 2.05) is 13.8 Å². The summed E-state index contributed by atoms with van der Waals surface area (Å²) in [6.45, 7) is 7.79. The Labute approximate surface area is 173 Å². The summed E-state index contributed by atoms with van der Waals surface area (Å²) in [4.78, 5) is 37.2. The van der Waals surface area contributed by atoms with Crippen LogP contribution in [0.4, 0.5) is 0 Å². The second kappa shape index (κ2) is 11.8. The molecule has 0 fully saturated rings. The maximum atomic E-state index is 12.8. The Hall–Kier alpha value is -1.88. The summed E-state index contributed by atoms with van der Waals surface area (Å²) >= 11 is 5.86. The molecule has 0 bridgehead atoms. The second-order valence-electron chi connectivity index (χ2n) is 7.59. The molecule has 1 N–H and O–H groups in total. The molecule has 0 radical (unpaired) electrons. The van der Waals surface area contributed by atoms with Crippen LogP contribution in [0.5, 0.6) is 0 Å². The Bertz CT molecular complexity index is 657. The minimum atomic E-state index is -1.13. The van der Waals surface area contributed by atoms with Crippen LogP contribution in [-0.4, -0.2) is 29.8 Å². The Balaban J connectivity index is 2.62. The van der Waals surface area contributed by atoms with Gasteiger partial charge in [-0.15, -0.1) is 0 Å². The summed E-state index contributed by atoms with van der Waals surface area (Å²) < 4.78 is 5.16. The van der Waals surface area contributed by atoms with Crippen LogP contribution in [0.1, 0.15) is 65.4 Å². The van der Waals surface area contributed by atoms with Gasteiger partial charge in [-0.05, 0) is 37.0 Å². The van der Waals surface area contributed by atoms with Crippen LogP contribution in [0.3, 0.4) is 0 Å². The fraction of sp³-hybridized carbons (Fsp3) is 0.591. The number of esters is 1. The van der Waals surface area contributed by atoms with Gasteiger partial charge in [-0.25, -0.2) is 0 Å². The van der Waals surface area contributed by atoms with E-state index in [0.717, 1.165) is 31.2 Å². The highest BCUT2D eigenvalue weighted by molar-refractivity contribution is 6.30. The number of carbonyl (C=O) groups excluding carboxylic acids is 3. The number of rotatable bonds is 12. The number of hydrogen-bond donors (Lipinski definition) is 1. The molecule has 1 amide bonds. The zero-order valence-corrected chi connectivity index (χ0v) is 18.1. The molecule has 156 valence electrons. The van der Waals surface area contributed by atoms with Crippen LogP contribution in [-0.2, 0) is 25.5 Å². The van der Waals surface area contributed by atoms with Gasteiger partial charge < -0.3 is 10.1 Å². The molecular formula is C22H32ClNO4. The fourth-order valence-corrected chi connectivity index (χ4v) is 2.86. The van der Waals surface area contributed by atoms with Crippen molar-refractivity contribution in [3.05, 3.63) is 34.9 Å². The van der Waals surface area contributed by atoms with Gasteiger partial charge in [0, 0.05) is 5.02 Å². The predicted molar refractivity (Wildman–Crippen MR) is 111 cm³/mol. The third-order valence-electron chi connectivity index (χ3n) is 4.98. The zero-order chi connectivity index (χ0) is 21.2. The van der Waals surface area contributed by atoms with Crippen molar-refractivity contribution in [3.63, 3.8) is 0 Å². The zero-order valence-electron chi connectivity index (χ0n) is 17.3. The molecule has 0 aliphatic carbocycles. The first-order chi connectivity index (χ1) is 13.2. The topological polar surface area (TPSA) is 72.5 Å². The maximum Gasteiger partial charge on any atom is 0.313 e. The van der Waals surface area contributed by atoms with Gasteiger partial charge in [0.15, 0.2) is 5.78 Å². The molecule has 0 heterocycles. The van der Waals surface area contributed by atoms with Gasteiger partial charge in [-0.1, -0.05) is 63.8 Å². The molecule has 0 spiro atoms. The molecular weight excluding hydrogens is 378 g/mol. The van der Waals surface area contributed by atoms with Gasteiger partial charge in [-0.3, -0.25) is 14.4 Å². The highest BCUT2D eigenvalue weighted by Gasteiger charge is 2.38. The lowest BCUT2D eigenvalue weighted by atomic mass is 9.82. The highest BCUT2D eigenvalue weighted by Crippen LogP contribution is 2.20. The molecule has 0 aliphatic heterocycles. The standard InChI is InChI=1S/C22H32ClNO4/c1-5-6-7-8-13-28-21(27)15-19(25)22(4,16(2)3)24-20(26)14-17-9-11-18(23)12-10-17/h9-12,16H,5-8,13-15H2,1-4H3,(H,24,26). The molecule has 28 heavy (non-hydrogen) atoms. The third kappa shape index (κ3) is 8.01. The van der Waals surface area contributed by atoms with Crippen LogP contribution in [0.15, 0.2) is 24.3 Å². The molecule has 1 aromatic carbocycles. The number of carbonyl (C=O) groups is 3. The van der Waals surface area contributed by atoms with Gasteiger partial charge in [0.25, 0.3) is 0 Å². The number of ether oxygens (including phenoxy) is 1. The molecule has 1 atom stereocenters. The average molecular weight is 410 g/mol. The number of halogens is 1. The molecule has 0 aliphatic rings. The summed E-state index contributed by atoms with van der Waals surface area (Å²) in [5.41, 5.74) is -0.336. The molecule has 0 saturated heterocycles. The summed E-state index contributed by atoms with van der Waals surface area (Å²) in [6.07, 6.45) is 3.80. The van der Waals surface area contributed by atoms with E-state index in [0.29, 0.717) is 11.6 Å². The molecule has 0 saturated carbocycles. The SMILES string of the molecule is CCCCCCOC(=O)CC(=O)C(C)(NC(=O)Cc1ccc(Cl)cc1)C(C)C. The number of benzene rings is 1. The van der Waals surface area contributed by atoms with Crippen molar-refractivity contribution in [2.75, 3.05) is 6.61 Å². The van der Waals surface area contributed by atoms with Crippen molar-refractivity contribution in [1.82, 2.24) is 5.32 Å². The fourth-order valence-electron chi connectivity index (χ4n) is 2.74. The van der Waals surface area contributed by atoms with Gasteiger partial charge in [0.05, 0.1) is 18.6 Å². The lowest BCUT2D eigenvalue weighted by Crippen LogP contribution is -2.56. The first-order valence-corrected chi connectivity index (χ1v) is 10.3. The normalized spacial score (nSPS) is 13.1. The van der Waals surface area contributed by atoms with Gasteiger partial charge in [-0.2, -0.15) is 0 Å². The van der Waals surface area contributed by atoms with E-state index in [9.17, 15) is 14.4 Å². The van der Waals surface area contributed by atoms with Crippen LogP contribution in [0.2, 0.25) is 5.02 Å². The summed E-state index contributed by atoms with van der Waals surface area (Å²) in [7, 11) is 0. The molecule has 1 rings (SSSR count). The highest BCUT2D eigenvalue weighted by atomic mass is 35.5. The Morgan fingerprint density at radius 1 is 1.11 bits per heavy atom. The largest absolute Gasteiger partial charge is 0.465 e. The molecule has 6 heteroatoms. The van der Waals surface area contributed by atoms with E-state index in [1.54, 1.807) is 31.2 Å². The first kappa shape index (κ1) is 24.2. The van der Waals surface area contributed by atoms with Crippen molar-refractivity contribution in [3.8, 4) is 0 Å². The van der Waals surface area contributed by atoms with Crippen molar-refractivity contribution < 1.29 is 19.1 Å². The molecule has 1 unspecified atom stereocenters. The third-order valence-corrected chi connectivity index (χ3v) is 5.23. The van der Waals surface area contributed by atoms with Gasteiger partial charge in [0.1, 0.15) is 6.42 Å². The lowest BCUT2D eigenvalue weighted by molar-refractivity contribution is -0.148. The van der Waals surface area contributed by atoms with E-state index < -0.39 is 11.5 Å². The molecule has 5 nitrogen and oxygen atoms in total. The van der Waals surface area contributed by atoms with Crippen molar-refractivity contribution in [2.24, 2.45) is 5.92 Å². The van der Waals surface area contributed by atoms with Crippen molar-refractivity contribution >= 4 is 29.3 Å². The van der Waals surface area contributed by atoms with Crippen LogP contribution in [0, 0.1) is 5.92 Å². The average Bonchev–Trinajstić information content (AvgIpc) is 2.63. The number of hydrogen-bond acceptors (Lipinski definition) is 4. The Morgan fingerprint density at radius 2 is 1.75 bits per heavy atom. The number of amides is 1. The quantitative estimate of drug-likeness (QED) is 0.313. The van der Waals surface area contributed by atoms with Crippen molar-refractivity contribution in [2.45, 2.75) is 71.8 Å². The Morgan fingerprint density at radius 3 is 2.32 bits per heavy atom. The van der Waals surface area contributed by atoms with Crippen molar-refractivity contribution in [1.29, 1.82) is 0 Å². The van der Waals surface area contributed by atoms with E-state index >= 15 is 0 Å². The maximum absolute atomic E-state index is 12.8. The number of ketones is 1. The summed E-state index contributed by atoms with van der Waals surface area (Å²) in [5.74, 6) is -1.34. The summed E-state index contributed by atoms with van der Waals surface area (Å²) in [5, 5.41) is 3.41. The minimum Gasteiger partial charge on any atom is -0.465 e. The smallest absolute Gasteiger partial charge is 0.313 e. The first-order valence-electron chi connectivity index (χ1n) is 9.93. The van der Waals surface area contributed by atoms with E-state index in [4.69, 9.17) is 16.3 Å². The Kier molecular flexibility index (Phi) is 10.2. The monoisotopic (exact) mass is 409 g/mol. The van der Waals surface area contributed by atoms with Crippen LogP contribution < -0.4 is 5.32 Å². The minimum absolute atomic E-state index is 0.134. The van der Waals surface area contributed by atoms with E-state index in [-0.39, 0.29) is 30.4 Å². The van der Waals surface area contributed by atoms with E-state index in [2.05, 4.69) is 12.2 Å². The van der Waals surface area contributed by atoms with Crippen LogP contribution in [0.25, 0.3) is 0 Å². The predicted octanol–water partition coefficient (Wildman–Crippen LogP) is 4.50. The second-order valence-corrected chi connectivity index (χ2v) is 8.03. The molecule has 1 aromatic rings. The summed E-state index contributed by atoms with van der Waals surface area (Å²) in [6, 6.07) is 6.97. The number of unbranched alkanes of at least 4 members (excludes halogenated alkanes) is 3. The van der Waals surface area contributed by atoms with Gasteiger partial charge in [0.2, 0.25) is 5.91 Å².